The van der Waals surface area contributed by atoms with E-state index in [4.69, 9.17) is 4.98 Å². The van der Waals surface area contributed by atoms with Gasteiger partial charge in [-0.2, -0.15) is 0 Å². The molecular formula is C15H27N5. The highest BCUT2D eigenvalue weighted by molar-refractivity contribution is 5.37. The summed E-state index contributed by atoms with van der Waals surface area (Å²) in [6.07, 6.45) is 3.73. The van der Waals surface area contributed by atoms with Gasteiger partial charge in [0.1, 0.15) is 5.82 Å². The van der Waals surface area contributed by atoms with Gasteiger partial charge in [0.15, 0.2) is 0 Å². The van der Waals surface area contributed by atoms with Crippen molar-refractivity contribution in [1.29, 1.82) is 0 Å². The Morgan fingerprint density at radius 1 is 1.35 bits per heavy atom. The molecule has 5 heteroatoms. The lowest BCUT2D eigenvalue weighted by Crippen LogP contribution is -2.52. The minimum absolute atomic E-state index is 0.466. The lowest BCUT2D eigenvalue weighted by molar-refractivity contribution is 0.199. The fraction of sp³-hybridized carbons (Fsp3) is 0.733. The molecule has 0 amide bonds. The highest BCUT2D eigenvalue weighted by Crippen LogP contribution is 2.16. The Balaban J connectivity index is 2.00. The molecule has 0 aromatic carbocycles. The van der Waals surface area contributed by atoms with Crippen LogP contribution in [0.4, 0.5) is 5.82 Å². The molecule has 1 atom stereocenters. The van der Waals surface area contributed by atoms with Crippen molar-refractivity contribution in [1.82, 2.24) is 20.2 Å². The average Bonchev–Trinajstić information content (AvgIpc) is 2.45. The lowest BCUT2D eigenvalue weighted by Gasteiger charge is -2.39. The summed E-state index contributed by atoms with van der Waals surface area (Å²) in [5.41, 5.74) is 1.02. The third-order valence-electron chi connectivity index (χ3n) is 3.86. The van der Waals surface area contributed by atoms with Gasteiger partial charge in [0.25, 0.3) is 0 Å². The van der Waals surface area contributed by atoms with Crippen LogP contribution in [0, 0.1) is 0 Å². The van der Waals surface area contributed by atoms with E-state index in [-0.39, 0.29) is 0 Å². The molecule has 1 saturated heterocycles. The molecule has 1 fully saturated rings. The second kappa shape index (κ2) is 6.99. The molecule has 112 valence electrons. The van der Waals surface area contributed by atoms with Crippen molar-refractivity contribution in [2.75, 3.05) is 31.1 Å². The summed E-state index contributed by atoms with van der Waals surface area (Å²) >= 11 is 0. The van der Waals surface area contributed by atoms with Crippen molar-refractivity contribution in [2.24, 2.45) is 0 Å². The van der Waals surface area contributed by atoms with Crippen molar-refractivity contribution in [3.05, 3.63) is 18.1 Å². The number of likely N-dealkylation sites (N-methyl/N-ethyl adjacent to an activating group) is 1. The summed E-state index contributed by atoms with van der Waals surface area (Å²) in [6.45, 7) is 13.9. The first-order valence-electron chi connectivity index (χ1n) is 7.63. The molecule has 0 saturated carbocycles. The van der Waals surface area contributed by atoms with Gasteiger partial charge < -0.3 is 10.2 Å². The predicted octanol–water partition coefficient (Wildman–Crippen LogP) is 1.50. The van der Waals surface area contributed by atoms with Crippen LogP contribution in [-0.4, -0.2) is 53.1 Å². The summed E-state index contributed by atoms with van der Waals surface area (Å²) in [5.74, 6) is 1.01. The molecule has 0 bridgehead atoms. The fourth-order valence-corrected chi connectivity index (χ4v) is 2.61. The summed E-state index contributed by atoms with van der Waals surface area (Å²) in [4.78, 5) is 13.9. The molecule has 2 heterocycles. The molecule has 1 N–H and O–H groups in total. The number of nitrogens with one attached hydrogen (secondary N) is 1. The third-order valence-corrected chi connectivity index (χ3v) is 3.86. The highest BCUT2D eigenvalue weighted by Gasteiger charge is 2.23. The van der Waals surface area contributed by atoms with Crippen molar-refractivity contribution in [3.8, 4) is 0 Å². The van der Waals surface area contributed by atoms with Gasteiger partial charge >= 0.3 is 0 Å². The summed E-state index contributed by atoms with van der Waals surface area (Å²) in [6, 6.07) is 1.04. The number of hydrogen-bond acceptors (Lipinski definition) is 5. The van der Waals surface area contributed by atoms with E-state index in [1.165, 1.54) is 0 Å². The molecule has 0 spiro atoms. The second-order valence-electron chi connectivity index (χ2n) is 5.83. The Labute approximate surface area is 122 Å². The standard InChI is InChI=1S/C15H27N5/c1-5-19-6-7-20(11-13(19)4)15-10-16-8-14(18-15)9-17-12(2)3/h8,10,12-13,17H,5-7,9,11H2,1-4H3. The Morgan fingerprint density at radius 2 is 2.15 bits per heavy atom. The van der Waals surface area contributed by atoms with E-state index >= 15 is 0 Å². The molecule has 1 aliphatic heterocycles. The maximum Gasteiger partial charge on any atom is 0.147 e. The van der Waals surface area contributed by atoms with Crippen molar-refractivity contribution in [3.63, 3.8) is 0 Å². The van der Waals surface area contributed by atoms with Gasteiger partial charge in [-0.3, -0.25) is 9.88 Å². The molecule has 0 aliphatic carbocycles. The van der Waals surface area contributed by atoms with Crippen LogP contribution >= 0.6 is 0 Å². The molecule has 1 unspecified atom stereocenters. The van der Waals surface area contributed by atoms with E-state index in [0.717, 1.165) is 44.2 Å². The normalized spacial score (nSPS) is 20.6. The largest absolute Gasteiger partial charge is 0.352 e. The third kappa shape index (κ3) is 3.90. The Bertz CT molecular complexity index is 420. The van der Waals surface area contributed by atoms with Gasteiger partial charge in [-0.25, -0.2) is 4.98 Å². The van der Waals surface area contributed by atoms with E-state index in [9.17, 15) is 0 Å². The molecular weight excluding hydrogens is 250 g/mol. The number of rotatable bonds is 5. The van der Waals surface area contributed by atoms with Crippen LogP contribution in [0.1, 0.15) is 33.4 Å². The SMILES string of the molecule is CCN1CCN(c2cncc(CNC(C)C)n2)CC1C. The number of hydrogen-bond donors (Lipinski definition) is 1. The average molecular weight is 277 g/mol. The monoisotopic (exact) mass is 277 g/mol. The Kier molecular flexibility index (Phi) is 5.31. The van der Waals surface area contributed by atoms with Gasteiger partial charge in [0, 0.05) is 44.5 Å². The summed E-state index contributed by atoms with van der Waals surface area (Å²) in [7, 11) is 0. The molecule has 1 aliphatic rings. The maximum atomic E-state index is 4.74. The van der Waals surface area contributed by atoms with E-state index in [1.807, 2.05) is 12.4 Å². The molecule has 2 rings (SSSR count). The van der Waals surface area contributed by atoms with Gasteiger partial charge in [-0.1, -0.05) is 20.8 Å². The predicted molar refractivity (Wildman–Crippen MR) is 82.9 cm³/mol. The van der Waals surface area contributed by atoms with E-state index in [2.05, 4.69) is 47.8 Å². The Morgan fingerprint density at radius 3 is 2.80 bits per heavy atom. The van der Waals surface area contributed by atoms with E-state index in [1.54, 1.807) is 0 Å². The highest BCUT2D eigenvalue weighted by atomic mass is 15.3. The molecule has 20 heavy (non-hydrogen) atoms. The number of nitrogens with zero attached hydrogens (tertiary/aromatic N) is 4. The zero-order valence-electron chi connectivity index (χ0n) is 13.1. The van der Waals surface area contributed by atoms with E-state index in [0.29, 0.717) is 12.1 Å². The van der Waals surface area contributed by atoms with Crippen molar-refractivity contribution < 1.29 is 0 Å². The van der Waals surface area contributed by atoms with Crippen LogP contribution in [0.2, 0.25) is 0 Å². The van der Waals surface area contributed by atoms with Gasteiger partial charge in [-0.15, -0.1) is 0 Å². The van der Waals surface area contributed by atoms with Crippen LogP contribution in [0.15, 0.2) is 12.4 Å². The topological polar surface area (TPSA) is 44.3 Å². The van der Waals surface area contributed by atoms with Crippen LogP contribution in [-0.2, 0) is 6.54 Å². The Hall–Kier alpha value is -1.20. The quantitative estimate of drug-likeness (QED) is 0.884. The number of anilines is 1. The lowest BCUT2D eigenvalue weighted by atomic mass is 10.2. The van der Waals surface area contributed by atoms with Crippen molar-refractivity contribution >= 4 is 5.82 Å². The molecule has 1 aromatic rings. The first kappa shape index (κ1) is 15.2. The first-order valence-corrected chi connectivity index (χ1v) is 7.63. The van der Waals surface area contributed by atoms with Gasteiger partial charge in [0.05, 0.1) is 11.9 Å². The summed E-state index contributed by atoms with van der Waals surface area (Å²) < 4.78 is 0. The van der Waals surface area contributed by atoms with Crippen LogP contribution in [0.5, 0.6) is 0 Å². The number of aromatic nitrogens is 2. The second-order valence-corrected chi connectivity index (χ2v) is 5.83. The van der Waals surface area contributed by atoms with E-state index < -0.39 is 0 Å². The minimum Gasteiger partial charge on any atom is -0.352 e. The van der Waals surface area contributed by atoms with Gasteiger partial charge in [0.2, 0.25) is 0 Å². The zero-order chi connectivity index (χ0) is 14.5. The van der Waals surface area contributed by atoms with Crippen LogP contribution in [0.3, 0.4) is 0 Å². The zero-order valence-corrected chi connectivity index (χ0v) is 13.1. The number of piperazine rings is 1. The first-order chi connectivity index (χ1) is 9.60. The van der Waals surface area contributed by atoms with Gasteiger partial charge in [-0.05, 0) is 13.5 Å². The van der Waals surface area contributed by atoms with Crippen LogP contribution in [0.25, 0.3) is 0 Å². The minimum atomic E-state index is 0.466. The fourth-order valence-electron chi connectivity index (χ4n) is 2.61. The molecule has 0 radical (unpaired) electrons. The molecule has 1 aromatic heterocycles. The molecule has 5 nitrogen and oxygen atoms in total. The van der Waals surface area contributed by atoms with Crippen molar-refractivity contribution in [2.45, 2.75) is 46.3 Å². The smallest absolute Gasteiger partial charge is 0.147 e. The maximum absolute atomic E-state index is 4.74. The summed E-state index contributed by atoms with van der Waals surface area (Å²) in [5, 5.41) is 3.39. The van der Waals surface area contributed by atoms with Crippen LogP contribution < -0.4 is 10.2 Å².